The highest BCUT2D eigenvalue weighted by atomic mass is 15.3. The summed E-state index contributed by atoms with van der Waals surface area (Å²) in [6.07, 6.45) is 10.6. The fourth-order valence-electron chi connectivity index (χ4n) is 4.94. The molecule has 2 aliphatic rings. The minimum Gasteiger partial charge on any atom is -0.353 e. The summed E-state index contributed by atoms with van der Waals surface area (Å²) in [5, 5.41) is 0. The van der Waals surface area contributed by atoms with Crippen molar-refractivity contribution in [2.24, 2.45) is 0 Å². The topological polar surface area (TPSA) is 32.3 Å². The van der Waals surface area contributed by atoms with E-state index in [-0.39, 0.29) is 0 Å². The van der Waals surface area contributed by atoms with Gasteiger partial charge in [0.2, 0.25) is 0 Å². The Labute approximate surface area is 170 Å². The second-order valence-corrected chi connectivity index (χ2v) is 8.49. The minimum absolute atomic E-state index is 0.416. The van der Waals surface area contributed by atoms with Crippen LogP contribution in [0.15, 0.2) is 36.7 Å². The van der Waals surface area contributed by atoms with Crippen molar-refractivity contribution < 1.29 is 0 Å². The highest BCUT2D eigenvalue weighted by Gasteiger charge is 2.30. The maximum Gasteiger partial charge on any atom is 0.135 e. The molecule has 150 valence electrons. The fourth-order valence-corrected chi connectivity index (χ4v) is 4.94. The Morgan fingerprint density at radius 2 is 1.93 bits per heavy atom. The largest absolute Gasteiger partial charge is 0.353 e. The number of hydrogen-bond donors (Lipinski definition) is 0. The molecule has 1 aromatic carbocycles. The van der Waals surface area contributed by atoms with Gasteiger partial charge in [0, 0.05) is 37.2 Å². The van der Waals surface area contributed by atoms with Crippen LogP contribution in [0.25, 0.3) is 0 Å². The second-order valence-electron chi connectivity index (χ2n) is 8.49. The molecule has 1 aliphatic carbocycles. The predicted molar refractivity (Wildman–Crippen MR) is 116 cm³/mol. The first kappa shape index (κ1) is 19.4. The molecule has 28 heavy (non-hydrogen) atoms. The fraction of sp³-hybridized carbons (Fsp3) is 0.583. The molecule has 1 aromatic heterocycles. The first-order valence-corrected chi connectivity index (χ1v) is 11.1. The van der Waals surface area contributed by atoms with E-state index in [0.717, 1.165) is 26.1 Å². The molecule has 1 fully saturated rings. The van der Waals surface area contributed by atoms with Gasteiger partial charge in [-0.25, -0.2) is 9.97 Å². The molecule has 1 saturated heterocycles. The van der Waals surface area contributed by atoms with Gasteiger partial charge in [-0.3, -0.25) is 4.90 Å². The van der Waals surface area contributed by atoms with E-state index in [4.69, 9.17) is 9.97 Å². The van der Waals surface area contributed by atoms with Crippen molar-refractivity contribution in [1.82, 2.24) is 14.9 Å². The Bertz CT molecular complexity index is 760. The number of hydrogen-bond acceptors (Lipinski definition) is 4. The van der Waals surface area contributed by atoms with E-state index in [1.807, 2.05) is 0 Å². The van der Waals surface area contributed by atoms with Gasteiger partial charge in [0.1, 0.15) is 12.1 Å². The molecule has 0 bridgehead atoms. The van der Waals surface area contributed by atoms with E-state index in [2.05, 4.69) is 54.1 Å². The lowest BCUT2D eigenvalue weighted by molar-refractivity contribution is 0.203. The van der Waals surface area contributed by atoms with Crippen molar-refractivity contribution >= 4 is 5.82 Å². The van der Waals surface area contributed by atoms with E-state index in [0.29, 0.717) is 12.0 Å². The Balaban J connectivity index is 1.57. The Hall–Kier alpha value is -1.94. The van der Waals surface area contributed by atoms with Crippen LogP contribution in [-0.2, 0) is 6.42 Å². The normalized spacial score (nSPS) is 22.9. The number of likely N-dealkylation sites (N-methyl/N-ethyl adjacent to an activating group) is 1. The van der Waals surface area contributed by atoms with Gasteiger partial charge < -0.3 is 4.90 Å². The van der Waals surface area contributed by atoms with Crippen LogP contribution in [0.5, 0.6) is 0 Å². The molecule has 2 aromatic rings. The average molecular weight is 379 g/mol. The molecule has 2 atom stereocenters. The summed E-state index contributed by atoms with van der Waals surface area (Å²) in [6, 6.07) is 11.5. The first-order valence-electron chi connectivity index (χ1n) is 11.1. The lowest BCUT2D eigenvalue weighted by Crippen LogP contribution is -2.52. The quantitative estimate of drug-likeness (QED) is 0.685. The lowest BCUT2D eigenvalue weighted by atomic mass is 9.82. The number of unbranched alkanes of at least 4 members (excludes halogenated alkanes) is 2. The van der Waals surface area contributed by atoms with Gasteiger partial charge in [0.15, 0.2) is 0 Å². The van der Waals surface area contributed by atoms with Crippen LogP contribution in [-0.4, -0.2) is 47.6 Å². The summed E-state index contributed by atoms with van der Waals surface area (Å²) in [4.78, 5) is 14.7. The molecule has 0 saturated carbocycles. The van der Waals surface area contributed by atoms with Gasteiger partial charge in [-0.05, 0) is 38.3 Å². The number of aromatic nitrogens is 2. The van der Waals surface area contributed by atoms with Crippen LogP contribution < -0.4 is 4.90 Å². The summed E-state index contributed by atoms with van der Waals surface area (Å²) in [5.41, 5.74) is 4.06. The molecule has 0 N–H and O–H groups in total. The Kier molecular flexibility index (Phi) is 6.26. The van der Waals surface area contributed by atoms with Crippen LogP contribution >= 0.6 is 0 Å². The standard InChI is InChI=1S/C24H34N4/c1-3-4-6-12-20-17-28(16-15-27(20)2)24-22-14-9-13-21(23(22)25-18-26-24)19-10-7-5-8-11-19/h5,7-8,10-11,18,20-21H,3-4,6,9,12-17H2,1-2H3. The minimum atomic E-state index is 0.416. The van der Waals surface area contributed by atoms with E-state index in [1.165, 1.54) is 61.2 Å². The van der Waals surface area contributed by atoms with Crippen molar-refractivity contribution in [3.63, 3.8) is 0 Å². The first-order chi connectivity index (χ1) is 13.8. The SMILES string of the molecule is CCCCCC1CN(c2ncnc3c2CCCC3c2ccccc2)CCN1C. The number of fused-ring (bicyclic) bond motifs is 1. The molecular weight excluding hydrogens is 344 g/mol. The molecule has 0 amide bonds. The number of piperazine rings is 1. The van der Waals surface area contributed by atoms with Crippen molar-refractivity contribution in [2.75, 3.05) is 31.6 Å². The molecule has 4 nitrogen and oxygen atoms in total. The third-order valence-corrected chi connectivity index (χ3v) is 6.63. The molecule has 0 radical (unpaired) electrons. The van der Waals surface area contributed by atoms with Gasteiger partial charge >= 0.3 is 0 Å². The number of benzene rings is 1. The van der Waals surface area contributed by atoms with Crippen LogP contribution in [0.4, 0.5) is 5.82 Å². The number of rotatable bonds is 6. The maximum absolute atomic E-state index is 4.80. The molecule has 0 spiro atoms. The molecule has 2 unspecified atom stereocenters. The van der Waals surface area contributed by atoms with E-state index < -0.39 is 0 Å². The molecular formula is C24H34N4. The van der Waals surface area contributed by atoms with Crippen molar-refractivity contribution in [3.8, 4) is 0 Å². The summed E-state index contributed by atoms with van der Waals surface area (Å²) < 4.78 is 0. The zero-order valence-corrected chi connectivity index (χ0v) is 17.5. The monoisotopic (exact) mass is 378 g/mol. The molecule has 4 rings (SSSR count). The predicted octanol–water partition coefficient (Wildman–Crippen LogP) is 4.65. The average Bonchev–Trinajstić information content (AvgIpc) is 2.75. The molecule has 4 heteroatoms. The second kappa shape index (κ2) is 9.04. The molecule has 1 aliphatic heterocycles. The zero-order chi connectivity index (χ0) is 19.3. The zero-order valence-electron chi connectivity index (χ0n) is 17.5. The molecule has 2 heterocycles. The summed E-state index contributed by atoms with van der Waals surface area (Å²) in [7, 11) is 2.29. The van der Waals surface area contributed by atoms with E-state index in [9.17, 15) is 0 Å². The number of anilines is 1. The van der Waals surface area contributed by atoms with Crippen LogP contribution in [0, 0.1) is 0 Å². The summed E-state index contributed by atoms with van der Waals surface area (Å²) >= 11 is 0. The highest BCUT2D eigenvalue weighted by molar-refractivity contribution is 5.52. The van der Waals surface area contributed by atoms with Gasteiger partial charge in [-0.2, -0.15) is 0 Å². The van der Waals surface area contributed by atoms with Gasteiger partial charge in [0.05, 0.1) is 5.69 Å². The van der Waals surface area contributed by atoms with Crippen molar-refractivity contribution in [3.05, 3.63) is 53.5 Å². The van der Waals surface area contributed by atoms with Gasteiger partial charge in [0.25, 0.3) is 0 Å². The van der Waals surface area contributed by atoms with Gasteiger partial charge in [-0.1, -0.05) is 56.5 Å². The third-order valence-electron chi connectivity index (χ3n) is 6.63. The summed E-state index contributed by atoms with van der Waals surface area (Å²) in [5.74, 6) is 1.62. The van der Waals surface area contributed by atoms with Crippen LogP contribution in [0.2, 0.25) is 0 Å². The van der Waals surface area contributed by atoms with E-state index >= 15 is 0 Å². The van der Waals surface area contributed by atoms with E-state index in [1.54, 1.807) is 6.33 Å². The van der Waals surface area contributed by atoms with Crippen LogP contribution in [0.1, 0.15) is 68.2 Å². The highest BCUT2D eigenvalue weighted by Crippen LogP contribution is 2.38. The van der Waals surface area contributed by atoms with Crippen molar-refractivity contribution in [1.29, 1.82) is 0 Å². The van der Waals surface area contributed by atoms with Gasteiger partial charge in [-0.15, -0.1) is 0 Å². The maximum atomic E-state index is 4.80. The third kappa shape index (κ3) is 4.07. The van der Waals surface area contributed by atoms with Crippen molar-refractivity contribution in [2.45, 2.75) is 63.8 Å². The number of nitrogens with zero attached hydrogens (tertiary/aromatic N) is 4. The Morgan fingerprint density at radius 3 is 2.75 bits per heavy atom. The summed E-state index contributed by atoms with van der Waals surface area (Å²) in [6.45, 7) is 5.57. The Morgan fingerprint density at radius 1 is 1.07 bits per heavy atom. The lowest BCUT2D eigenvalue weighted by Gasteiger charge is -2.41. The van der Waals surface area contributed by atoms with Crippen LogP contribution in [0.3, 0.4) is 0 Å². The smallest absolute Gasteiger partial charge is 0.135 e.